The largest absolute Gasteiger partial charge is 0.391 e. The second-order valence-corrected chi connectivity index (χ2v) is 5.18. The highest BCUT2D eigenvalue weighted by atomic mass is 16.3. The molecule has 0 saturated heterocycles. The van der Waals surface area contributed by atoms with Crippen LogP contribution >= 0.6 is 0 Å². The third kappa shape index (κ3) is 2.36. The van der Waals surface area contributed by atoms with Crippen LogP contribution in [0, 0.1) is 0 Å². The summed E-state index contributed by atoms with van der Waals surface area (Å²) in [6.45, 7) is 0. The summed E-state index contributed by atoms with van der Waals surface area (Å²) in [7, 11) is 0. The molecule has 1 aliphatic carbocycles. The number of aromatic amines is 1. The van der Waals surface area contributed by atoms with E-state index in [2.05, 4.69) is 10.3 Å². The van der Waals surface area contributed by atoms with Gasteiger partial charge in [0.05, 0.1) is 17.7 Å². The molecule has 0 radical (unpaired) electrons. The quantitative estimate of drug-likeness (QED) is 0.773. The number of benzene rings is 1. The number of aromatic nitrogens is 1. The number of aliphatic hydroxyl groups excluding tert-OH is 1. The Morgan fingerprint density at radius 2 is 2.05 bits per heavy atom. The highest BCUT2D eigenvalue weighted by Crippen LogP contribution is 2.21. The molecule has 3 rings (SSSR count). The second kappa shape index (κ2) is 5.05. The molecular weight excluding hydrogens is 240 g/mol. The minimum atomic E-state index is -0.414. The van der Waals surface area contributed by atoms with Crippen molar-refractivity contribution in [2.24, 2.45) is 0 Å². The van der Waals surface area contributed by atoms with Gasteiger partial charge in [-0.05, 0) is 18.9 Å². The molecule has 19 heavy (non-hydrogen) atoms. The number of carbonyl (C=O) groups is 1. The molecule has 100 valence electrons. The Bertz CT molecular complexity index is 591. The van der Waals surface area contributed by atoms with Gasteiger partial charge in [-0.1, -0.05) is 31.0 Å². The number of hydrogen-bond donors (Lipinski definition) is 3. The molecule has 1 amide bonds. The molecule has 1 fully saturated rings. The number of nitrogens with one attached hydrogen (secondary N) is 2. The van der Waals surface area contributed by atoms with Gasteiger partial charge in [-0.3, -0.25) is 4.79 Å². The van der Waals surface area contributed by atoms with Gasteiger partial charge in [0.25, 0.3) is 5.91 Å². The van der Waals surface area contributed by atoms with Crippen molar-refractivity contribution in [3.05, 3.63) is 36.0 Å². The van der Waals surface area contributed by atoms with Gasteiger partial charge in [-0.15, -0.1) is 0 Å². The zero-order valence-corrected chi connectivity index (χ0v) is 10.7. The van der Waals surface area contributed by atoms with Crippen LogP contribution < -0.4 is 5.32 Å². The molecule has 3 N–H and O–H groups in total. The first-order valence-corrected chi connectivity index (χ1v) is 6.81. The summed E-state index contributed by atoms with van der Waals surface area (Å²) in [5, 5.41) is 13.8. The molecular formula is C15H18N2O2. The van der Waals surface area contributed by atoms with Crippen molar-refractivity contribution in [3.8, 4) is 0 Å². The first-order valence-electron chi connectivity index (χ1n) is 6.81. The number of H-pyrrole nitrogens is 1. The van der Waals surface area contributed by atoms with E-state index in [1.807, 2.05) is 24.3 Å². The average molecular weight is 258 g/mol. The van der Waals surface area contributed by atoms with Crippen LogP contribution in [0.2, 0.25) is 0 Å². The molecule has 4 heteroatoms. The number of fused-ring (bicyclic) bond motifs is 1. The predicted molar refractivity (Wildman–Crippen MR) is 74.0 cm³/mol. The molecule has 2 aromatic rings. The highest BCUT2D eigenvalue weighted by Gasteiger charge is 2.25. The van der Waals surface area contributed by atoms with Crippen LogP contribution in [0.25, 0.3) is 10.9 Å². The minimum absolute atomic E-state index is 0.108. The molecule has 1 aromatic heterocycles. The van der Waals surface area contributed by atoms with Crippen LogP contribution in [0.1, 0.15) is 36.0 Å². The Kier molecular flexibility index (Phi) is 3.25. The van der Waals surface area contributed by atoms with Gasteiger partial charge in [0.1, 0.15) is 0 Å². The Morgan fingerprint density at radius 3 is 2.89 bits per heavy atom. The van der Waals surface area contributed by atoms with Gasteiger partial charge < -0.3 is 15.4 Å². The summed E-state index contributed by atoms with van der Waals surface area (Å²) < 4.78 is 0. The third-order valence-corrected chi connectivity index (χ3v) is 3.88. The highest BCUT2D eigenvalue weighted by molar-refractivity contribution is 6.06. The standard InChI is InChI=1S/C15H18N2O2/c18-14-8-4-3-7-13(14)17-15(19)11-9-16-12-6-2-1-5-10(11)12/h1-2,5-6,9,13-14,16,18H,3-4,7-8H2,(H,17,19). The lowest BCUT2D eigenvalue weighted by atomic mass is 9.92. The first kappa shape index (κ1) is 12.2. The maximum Gasteiger partial charge on any atom is 0.253 e. The maximum absolute atomic E-state index is 12.3. The summed E-state index contributed by atoms with van der Waals surface area (Å²) >= 11 is 0. The number of aliphatic hydroxyl groups is 1. The Morgan fingerprint density at radius 1 is 1.26 bits per heavy atom. The van der Waals surface area contributed by atoms with Gasteiger partial charge in [-0.25, -0.2) is 0 Å². The van der Waals surface area contributed by atoms with Gasteiger partial charge >= 0.3 is 0 Å². The molecule has 0 bridgehead atoms. The lowest BCUT2D eigenvalue weighted by Crippen LogP contribution is -2.45. The fraction of sp³-hybridized carbons (Fsp3) is 0.400. The molecule has 1 aliphatic rings. The third-order valence-electron chi connectivity index (χ3n) is 3.88. The van der Waals surface area contributed by atoms with Gasteiger partial charge in [0.15, 0.2) is 0 Å². The SMILES string of the molecule is O=C(NC1CCCCC1O)c1c[nH]c2ccccc12. The summed E-state index contributed by atoms with van der Waals surface area (Å²) in [6.07, 6.45) is 5.06. The molecule has 1 aromatic carbocycles. The van der Waals surface area contributed by atoms with Crippen molar-refractivity contribution in [1.82, 2.24) is 10.3 Å². The fourth-order valence-electron chi connectivity index (χ4n) is 2.79. The molecule has 1 heterocycles. The second-order valence-electron chi connectivity index (χ2n) is 5.18. The summed E-state index contributed by atoms with van der Waals surface area (Å²) in [4.78, 5) is 15.4. The van der Waals surface area contributed by atoms with Crippen LogP contribution in [0.3, 0.4) is 0 Å². The van der Waals surface area contributed by atoms with E-state index < -0.39 is 6.10 Å². The molecule has 2 atom stereocenters. The van der Waals surface area contributed by atoms with E-state index in [1.54, 1.807) is 6.20 Å². The van der Waals surface area contributed by atoms with Crippen LogP contribution in [0.5, 0.6) is 0 Å². The summed E-state index contributed by atoms with van der Waals surface area (Å²) in [5.41, 5.74) is 1.60. The zero-order valence-electron chi connectivity index (χ0n) is 10.7. The van der Waals surface area contributed by atoms with Crippen molar-refractivity contribution >= 4 is 16.8 Å². The number of para-hydroxylation sites is 1. The minimum Gasteiger partial charge on any atom is -0.391 e. The van der Waals surface area contributed by atoms with Crippen molar-refractivity contribution in [2.45, 2.75) is 37.8 Å². The number of amides is 1. The van der Waals surface area contributed by atoms with E-state index in [4.69, 9.17) is 0 Å². The van der Waals surface area contributed by atoms with E-state index >= 15 is 0 Å². The molecule has 1 saturated carbocycles. The van der Waals surface area contributed by atoms with Gasteiger partial charge in [0.2, 0.25) is 0 Å². The Balaban J connectivity index is 1.80. The van der Waals surface area contributed by atoms with Crippen molar-refractivity contribution < 1.29 is 9.90 Å². The van der Waals surface area contributed by atoms with E-state index in [-0.39, 0.29) is 11.9 Å². The lowest BCUT2D eigenvalue weighted by Gasteiger charge is -2.28. The lowest BCUT2D eigenvalue weighted by molar-refractivity contribution is 0.0718. The van der Waals surface area contributed by atoms with Crippen molar-refractivity contribution in [2.75, 3.05) is 0 Å². The van der Waals surface area contributed by atoms with Crippen molar-refractivity contribution in [1.29, 1.82) is 0 Å². The first-order chi connectivity index (χ1) is 9.25. The number of hydrogen-bond acceptors (Lipinski definition) is 2. The van der Waals surface area contributed by atoms with Gasteiger partial charge in [0, 0.05) is 17.1 Å². The van der Waals surface area contributed by atoms with Crippen LogP contribution in [0.4, 0.5) is 0 Å². The fourth-order valence-corrected chi connectivity index (χ4v) is 2.79. The molecule has 0 spiro atoms. The average Bonchev–Trinajstić information content (AvgIpc) is 2.85. The van der Waals surface area contributed by atoms with Crippen LogP contribution in [0.15, 0.2) is 30.5 Å². The number of rotatable bonds is 2. The predicted octanol–water partition coefficient (Wildman–Crippen LogP) is 2.20. The topological polar surface area (TPSA) is 65.1 Å². The van der Waals surface area contributed by atoms with E-state index in [9.17, 15) is 9.90 Å². The van der Waals surface area contributed by atoms with Gasteiger partial charge in [-0.2, -0.15) is 0 Å². The monoisotopic (exact) mass is 258 g/mol. The molecule has 0 aliphatic heterocycles. The summed E-state index contributed by atoms with van der Waals surface area (Å²) in [6, 6.07) is 7.61. The van der Waals surface area contributed by atoms with Crippen molar-refractivity contribution in [3.63, 3.8) is 0 Å². The smallest absolute Gasteiger partial charge is 0.253 e. The van der Waals surface area contributed by atoms with E-state index in [1.165, 1.54) is 0 Å². The molecule has 2 unspecified atom stereocenters. The van der Waals surface area contributed by atoms with Crippen LogP contribution in [-0.4, -0.2) is 28.1 Å². The van der Waals surface area contributed by atoms with E-state index in [0.29, 0.717) is 5.56 Å². The summed E-state index contributed by atoms with van der Waals surface area (Å²) in [5.74, 6) is -0.108. The Hall–Kier alpha value is -1.81. The molecule has 4 nitrogen and oxygen atoms in total. The Labute approximate surface area is 111 Å². The van der Waals surface area contributed by atoms with Crippen LogP contribution in [-0.2, 0) is 0 Å². The number of carbonyl (C=O) groups excluding carboxylic acids is 1. The maximum atomic E-state index is 12.3. The normalized spacial score (nSPS) is 23.4. The zero-order chi connectivity index (χ0) is 13.2. The van der Waals surface area contributed by atoms with E-state index in [0.717, 1.165) is 36.6 Å².